The average molecular weight is 226 g/mol. The summed E-state index contributed by atoms with van der Waals surface area (Å²) < 4.78 is 9.06. The van der Waals surface area contributed by atoms with Crippen LogP contribution in [0.4, 0.5) is 11.4 Å². The molecule has 10 nitrogen and oxygen atoms in total. The van der Waals surface area contributed by atoms with Crippen LogP contribution in [0.2, 0.25) is 0 Å². The highest BCUT2D eigenvalue weighted by atomic mass is 16.6. The van der Waals surface area contributed by atoms with E-state index in [4.69, 9.17) is 0 Å². The van der Waals surface area contributed by atoms with Crippen LogP contribution in [0, 0.1) is 20.2 Å². The summed E-state index contributed by atoms with van der Waals surface area (Å²) >= 11 is 0. The van der Waals surface area contributed by atoms with Crippen LogP contribution in [0.25, 0.3) is 11.5 Å². The van der Waals surface area contributed by atoms with E-state index in [-0.39, 0.29) is 0 Å². The molecular formula is C6H2N4O6. The number of nitrogens with zero attached hydrogens (tertiary/aromatic N) is 4. The summed E-state index contributed by atoms with van der Waals surface area (Å²) in [6, 6.07) is 0. The molecule has 10 heteroatoms. The molecule has 0 aliphatic carbocycles. The van der Waals surface area contributed by atoms with E-state index in [1.54, 1.807) is 0 Å². The van der Waals surface area contributed by atoms with Crippen LogP contribution in [0.15, 0.2) is 21.4 Å². The van der Waals surface area contributed by atoms with Gasteiger partial charge >= 0.3 is 11.4 Å². The smallest absolute Gasteiger partial charge is 0.340 e. The molecule has 0 bridgehead atoms. The maximum absolute atomic E-state index is 10.5. The standard InChI is InChI=1S/C6H2N4O6/c11-9(12)3-1-7-15-5(3)6-4(10(13)14)2-8-16-6/h1-2H. The molecule has 0 radical (unpaired) electrons. The van der Waals surface area contributed by atoms with Gasteiger partial charge in [-0.15, -0.1) is 0 Å². The van der Waals surface area contributed by atoms with E-state index in [2.05, 4.69) is 19.4 Å². The Morgan fingerprint density at radius 2 is 1.31 bits per heavy atom. The Hall–Kier alpha value is -2.78. The van der Waals surface area contributed by atoms with Gasteiger partial charge in [-0.05, 0) is 0 Å². The van der Waals surface area contributed by atoms with E-state index in [1.807, 2.05) is 0 Å². The predicted molar refractivity (Wildman–Crippen MR) is 45.3 cm³/mol. The molecule has 0 aliphatic rings. The van der Waals surface area contributed by atoms with Crippen molar-refractivity contribution in [2.45, 2.75) is 0 Å². The molecule has 2 aromatic rings. The molecule has 82 valence electrons. The van der Waals surface area contributed by atoms with Crippen molar-refractivity contribution in [1.29, 1.82) is 0 Å². The van der Waals surface area contributed by atoms with Gasteiger partial charge in [0.2, 0.25) is 0 Å². The summed E-state index contributed by atoms with van der Waals surface area (Å²) in [5.41, 5.74) is -1.06. The predicted octanol–water partition coefficient (Wildman–Crippen LogP) is 1.15. The van der Waals surface area contributed by atoms with Crippen molar-refractivity contribution in [2.75, 3.05) is 0 Å². The summed E-state index contributed by atoms with van der Waals surface area (Å²) in [7, 11) is 0. The number of rotatable bonds is 3. The Kier molecular flexibility index (Phi) is 2.08. The summed E-state index contributed by atoms with van der Waals surface area (Å²) in [5.74, 6) is -0.872. The summed E-state index contributed by atoms with van der Waals surface area (Å²) in [4.78, 5) is 19.5. The second kappa shape index (κ2) is 3.42. The van der Waals surface area contributed by atoms with E-state index in [0.717, 1.165) is 12.4 Å². The maximum atomic E-state index is 10.5. The maximum Gasteiger partial charge on any atom is 0.340 e. The molecule has 0 saturated heterocycles. The highest BCUT2D eigenvalue weighted by Crippen LogP contribution is 2.35. The molecule has 2 rings (SSSR count). The Balaban J connectivity index is 2.59. The quantitative estimate of drug-likeness (QED) is 0.560. The second-order valence-corrected chi connectivity index (χ2v) is 2.59. The van der Waals surface area contributed by atoms with E-state index < -0.39 is 32.7 Å². The third kappa shape index (κ3) is 1.37. The second-order valence-electron chi connectivity index (χ2n) is 2.59. The van der Waals surface area contributed by atoms with Gasteiger partial charge in [0.25, 0.3) is 11.5 Å². The highest BCUT2D eigenvalue weighted by molar-refractivity contribution is 5.69. The molecule has 0 saturated carbocycles. The minimum absolute atomic E-state index is 0.436. The fourth-order valence-corrected chi connectivity index (χ4v) is 1.04. The molecular weight excluding hydrogens is 224 g/mol. The highest BCUT2D eigenvalue weighted by Gasteiger charge is 2.32. The van der Waals surface area contributed by atoms with Gasteiger partial charge in [0.05, 0.1) is 9.85 Å². The minimum Gasteiger partial charge on any atom is -0.345 e. The molecule has 2 aromatic heterocycles. The summed E-state index contributed by atoms with van der Waals surface area (Å²) in [6.07, 6.45) is 1.64. The van der Waals surface area contributed by atoms with Gasteiger partial charge < -0.3 is 9.05 Å². The normalized spacial score (nSPS) is 10.2. The molecule has 0 unspecified atom stereocenters. The zero-order chi connectivity index (χ0) is 11.7. The van der Waals surface area contributed by atoms with Crippen molar-refractivity contribution >= 4 is 11.4 Å². The fraction of sp³-hybridized carbons (Fsp3) is 0. The first-order chi connectivity index (χ1) is 7.61. The van der Waals surface area contributed by atoms with Crippen LogP contribution in [-0.2, 0) is 0 Å². The van der Waals surface area contributed by atoms with Crippen LogP contribution < -0.4 is 0 Å². The Morgan fingerprint density at radius 3 is 1.62 bits per heavy atom. The number of nitro groups is 2. The molecule has 0 amide bonds. The SMILES string of the molecule is O=[N+]([O-])c1cnoc1-c1oncc1[N+](=O)[O-]. The Bertz CT molecular complexity index is 507. The largest absolute Gasteiger partial charge is 0.345 e. The molecule has 0 fully saturated rings. The van der Waals surface area contributed by atoms with Crippen LogP contribution in [0.3, 0.4) is 0 Å². The summed E-state index contributed by atoms with van der Waals surface area (Å²) in [6.45, 7) is 0. The van der Waals surface area contributed by atoms with Crippen LogP contribution in [0.5, 0.6) is 0 Å². The van der Waals surface area contributed by atoms with E-state index >= 15 is 0 Å². The molecule has 0 N–H and O–H groups in total. The number of hydrogen-bond acceptors (Lipinski definition) is 8. The van der Waals surface area contributed by atoms with Crippen molar-refractivity contribution < 1.29 is 18.9 Å². The molecule has 2 heterocycles. The molecule has 0 atom stereocenters. The molecule has 0 aromatic carbocycles. The zero-order valence-electron chi connectivity index (χ0n) is 7.39. The van der Waals surface area contributed by atoms with Crippen LogP contribution in [0.1, 0.15) is 0 Å². The van der Waals surface area contributed by atoms with Gasteiger partial charge in [-0.25, -0.2) is 0 Å². The van der Waals surface area contributed by atoms with Crippen molar-refractivity contribution in [3.05, 3.63) is 32.6 Å². The lowest BCUT2D eigenvalue weighted by Crippen LogP contribution is -1.90. The van der Waals surface area contributed by atoms with Gasteiger partial charge in [-0.1, -0.05) is 10.3 Å². The lowest BCUT2D eigenvalue weighted by atomic mass is 10.3. The van der Waals surface area contributed by atoms with E-state index in [0.29, 0.717) is 0 Å². The van der Waals surface area contributed by atoms with Crippen LogP contribution >= 0.6 is 0 Å². The average Bonchev–Trinajstić information content (AvgIpc) is 2.85. The van der Waals surface area contributed by atoms with Gasteiger partial charge in [0.1, 0.15) is 12.4 Å². The van der Waals surface area contributed by atoms with Crippen LogP contribution in [-0.4, -0.2) is 20.2 Å². The molecule has 0 spiro atoms. The third-order valence-electron chi connectivity index (χ3n) is 1.70. The van der Waals surface area contributed by atoms with Crippen molar-refractivity contribution in [3.63, 3.8) is 0 Å². The summed E-state index contributed by atoms with van der Waals surface area (Å²) in [5, 5.41) is 27.4. The molecule has 0 aliphatic heterocycles. The van der Waals surface area contributed by atoms with Crippen molar-refractivity contribution in [1.82, 2.24) is 10.3 Å². The van der Waals surface area contributed by atoms with Gasteiger partial charge in [0, 0.05) is 0 Å². The van der Waals surface area contributed by atoms with Gasteiger partial charge in [-0.2, -0.15) is 0 Å². The lowest BCUT2D eigenvalue weighted by molar-refractivity contribution is -0.387. The van der Waals surface area contributed by atoms with Gasteiger partial charge in [0.15, 0.2) is 0 Å². The monoisotopic (exact) mass is 226 g/mol. The van der Waals surface area contributed by atoms with Crippen molar-refractivity contribution in [2.24, 2.45) is 0 Å². The first-order valence-electron chi connectivity index (χ1n) is 3.79. The van der Waals surface area contributed by atoms with E-state index in [1.165, 1.54) is 0 Å². The minimum atomic E-state index is -0.794. The van der Waals surface area contributed by atoms with Crippen molar-refractivity contribution in [3.8, 4) is 11.5 Å². The molecule has 16 heavy (non-hydrogen) atoms. The van der Waals surface area contributed by atoms with E-state index in [9.17, 15) is 20.2 Å². The Morgan fingerprint density at radius 1 is 0.938 bits per heavy atom. The zero-order valence-corrected chi connectivity index (χ0v) is 7.39. The number of aromatic nitrogens is 2. The third-order valence-corrected chi connectivity index (χ3v) is 1.70. The lowest BCUT2D eigenvalue weighted by Gasteiger charge is -1.88. The fourth-order valence-electron chi connectivity index (χ4n) is 1.04. The van der Waals surface area contributed by atoms with Gasteiger partial charge in [-0.3, -0.25) is 20.2 Å². The topological polar surface area (TPSA) is 138 Å². The first kappa shape index (κ1) is 9.76. The first-order valence-corrected chi connectivity index (χ1v) is 3.79. The number of hydrogen-bond donors (Lipinski definition) is 0. The Labute approximate surface area is 85.7 Å².